The first-order chi connectivity index (χ1) is 13.1. The van der Waals surface area contributed by atoms with Gasteiger partial charge in [0.1, 0.15) is 5.65 Å². The zero-order valence-corrected chi connectivity index (χ0v) is 15.1. The first-order valence-corrected chi connectivity index (χ1v) is 8.96. The van der Waals surface area contributed by atoms with E-state index in [1.54, 1.807) is 6.20 Å². The van der Waals surface area contributed by atoms with Crippen molar-refractivity contribution in [3.63, 3.8) is 0 Å². The number of carbonyl (C=O) groups is 1. The molecule has 1 aliphatic rings. The van der Waals surface area contributed by atoms with Crippen LogP contribution in [0.1, 0.15) is 17.7 Å². The molecule has 0 spiro atoms. The molecule has 1 amide bonds. The molecule has 3 aromatic rings. The number of rotatable bonds is 5. The molecule has 0 bridgehead atoms. The van der Waals surface area contributed by atoms with Crippen molar-refractivity contribution in [3.05, 3.63) is 47.4 Å². The van der Waals surface area contributed by atoms with Gasteiger partial charge in [-0.3, -0.25) is 4.79 Å². The average molecular weight is 366 g/mol. The van der Waals surface area contributed by atoms with Crippen molar-refractivity contribution in [2.24, 2.45) is 7.05 Å². The van der Waals surface area contributed by atoms with E-state index in [1.165, 1.54) is 5.56 Å². The van der Waals surface area contributed by atoms with E-state index in [-0.39, 0.29) is 19.1 Å². The SMILES string of the molecule is Cn1cc(-c2cc3cccnc3[nH]2)c2c1C=C(C(=O)NC(CO)CO)CC2. The molecule has 0 aromatic carbocycles. The molecule has 0 saturated carbocycles. The number of aromatic nitrogens is 3. The first-order valence-electron chi connectivity index (χ1n) is 8.96. The largest absolute Gasteiger partial charge is 0.394 e. The van der Waals surface area contributed by atoms with Crippen molar-refractivity contribution in [2.75, 3.05) is 13.2 Å². The summed E-state index contributed by atoms with van der Waals surface area (Å²) in [5.41, 5.74) is 5.84. The van der Waals surface area contributed by atoms with Gasteiger partial charge in [0.15, 0.2) is 0 Å². The molecule has 7 heteroatoms. The highest BCUT2D eigenvalue weighted by Crippen LogP contribution is 2.34. The average Bonchev–Trinajstić information content (AvgIpc) is 3.26. The van der Waals surface area contributed by atoms with Gasteiger partial charge in [0.2, 0.25) is 5.91 Å². The molecular formula is C20H22N4O3. The Hall–Kier alpha value is -2.90. The van der Waals surface area contributed by atoms with Crippen molar-refractivity contribution in [3.8, 4) is 11.3 Å². The number of hydrogen-bond donors (Lipinski definition) is 4. The van der Waals surface area contributed by atoms with Crippen LogP contribution in [0, 0.1) is 0 Å². The smallest absolute Gasteiger partial charge is 0.247 e. The van der Waals surface area contributed by atoms with E-state index < -0.39 is 6.04 Å². The van der Waals surface area contributed by atoms with Crippen LogP contribution >= 0.6 is 0 Å². The summed E-state index contributed by atoms with van der Waals surface area (Å²) < 4.78 is 2.02. The van der Waals surface area contributed by atoms with E-state index in [0.29, 0.717) is 12.0 Å². The van der Waals surface area contributed by atoms with Gasteiger partial charge in [-0.15, -0.1) is 0 Å². The molecule has 0 unspecified atom stereocenters. The third kappa shape index (κ3) is 3.15. The molecule has 0 fully saturated rings. The van der Waals surface area contributed by atoms with Gasteiger partial charge in [-0.1, -0.05) is 0 Å². The molecule has 27 heavy (non-hydrogen) atoms. The number of aryl methyl sites for hydroxylation is 1. The maximum atomic E-state index is 12.4. The molecule has 3 aromatic heterocycles. The van der Waals surface area contributed by atoms with E-state index in [9.17, 15) is 4.79 Å². The van der Waals surface area contributed by atoms with E-state index in [1.807, 2.05) is 29.8 Å². The molecule has 3 heterocycles. The minimum atomic E-state index is -0.636. The van der Waals surface area contributed by atoms with Gasteiger partial charge in [-0.2, -0.15) is 0 Å². The Morgan fingerprint density at radius 2 is 2.19 bits per heavy atom. The molecule has 140 valence electrons. The van der Waals surface area contributed by atoms with E-state index in [0.717, 1.165) is 34.4 Å². The Balaban J connectivity index is 1.67. The number of nitrogens with one attached hydrogen (secondary N) is 2. The molecule has 0 atom stereocenters. The maximum Gasteiger partial charge on any atom is 0.247 e. The number of fused-ring (bicyclic) bond motifs is 2. The molecule has 1 aliphatic carbocycles. The third-order valence-electron chi connectivity index (χ3n) is 5.04. The highest BCUT2D eigenvalue weighted by molar-refractivity contribution is 5.99. The number of carbonyl (C=O) groups excluding carboxylic acids is 1. The van der Waals surface area contributed by atoms with E-state index in [4.69, 9.17) is 10.2 Å². The highest BCUT2D eigenvalue weighted by atomic mass is 16.3. The lowest BCUT2D eigenvalue weighted by Gasteiger charge is -2.18. The standard InChI is InChI=1S/C20H22N4O3/c1-24-9-16(17-7-12-3-2-6-21-19(12)23-17)15-5-4-13(8-18(15)24)20(27)22-14(10-25)11-26/h2-3,6-9,14,25-26H,4-5,10-11H2,1H3,(H,21,23)(H,22,27). The van der Waals surface area contributed by atoms with Crippen LogP contribution in [0.25, 0.3) is 28.4 Å². The van der Waals surface area contributed by atoms with Crippen molar-refractivity contribution >= 4 is 23.0 Å². The first kappa shape index (κ1) is 17.5. The molecule has 0 saturated heterocycles. The number of aliphatic hydroxyl groups excluding tert-OH is 2. The van der Waals surface area contributed by atoms with Crippen LogP contribution < -0.4 is 5.32 Å². The quantitative estimate of drug-likeness (QED) is 0.547. The van der Waals surface area contributed by atoms with Crippen LogP contribution in [0.2, 0.25) is 0 Å². The monoisotopic (exact) mass is 366 g/mol. The van der Waals surface area contributed by atoms with Gasteiger partial charge in [0.05, 0.1) is 19.3 Å². The van der Waals surface area contributed by atoms with Crippen molar-refractivity contribution in [2.45, 2.75) is 18.9 Å². The molecule has 4 N–H and O–H groups in total. The van der Waals surface area contributed by atoms with Gasteiger partial charge in [-0.05, 0) is 42.7 Å². The zero-order valence-electron chi connectivity index (χ0n) is 15.1. The summed E-state index contributed by atoms with van der Waals surface area (Å²) in [4.78, 5) is 20.1. The van der Waals surface area contributed by atoms with Crippen molar-refractivity contribution in [1.29, 1.82) is 0 Å². The van der Waals surface area contributed by atoms with Crippen LogP contribution in [0.4, 0.5) is 0 Å². The lowest BCUT2D eigenvalue weighted by atomic mass is 9.93. The van der Waals surface area contributed by atoms with Crippen molar-refractivity contribution in [1.82, 2.24) is 19.9 Å². The van der Waals surface area contributed by atoms with Gasteiger partial charge in [0.25, 0.3) is 0 Å². The van der Waals surface area contributed by atoms with Crippen LogP contribution in [0.5, 0.6) is 0 Å². The Kier molecular flexibility index (Phi) is 4.55. The highest BCUT2D eigenvalue weighted by Gasteiger charge is 2.23. The number of aliphatic hydroxyl groups is 2. The fourth-order valence-corrected chi connectivity index (χ4v) is 3.58. The van der Waals surface area contributed by atoms with Gasteiger partial charge < -0.3 is 25.1 Å². The van der Waals surface area contributed by atoms with Crippen LogP contribution in [-0.4, -0.2) is 49.9 Å². The molecular weight excluding hydrogens is 344 g/mol. The van der Waals surface area contributed by atoms with Gasteiger partial charge in [-0.25, -0.2) is 4.98 Å². The lowest BCUT2D eigenvalue weighted by molar-refractivity contribution is -0.118. The minimum Gasteiger partial charge on any atom is -0.394 e. The summed E-state index contributed by atoms with van der Waals surface area (Å²) in [5, 5.41) is 22.0. The molecule has 0 radical (unpaired) electrons. The second kappa shape index (κ2) is 7.02. The number of aromatic amines is 1. The Bertz CT molecular complexity index is 994. The predicted octanol–water partition coefficient (Wildman–Crippen LogP) is 1.37. The summed E-state index contributed by atoms with van der Waals surface area (Å²) in [6, 6.07) is 5.40. The third-order valence-corrected chi connectivity index (χ3v) is 5.04. The fourth-order valence-electron chi connectivity index (χ4n) is 3.58. The van der Waals surface area contributed by atoms with E-state index in [2.05, 4.69) is 27.5 Å². The topological polar surface area (TPSA) is 103 Å². The van der Waals surface area contributed by atoms with Gasteiger partial charge >= 0.3 is 0 Å². The zero-order chi connectivity index (χ0) is 19.0. The number of pyridine rings is 1. The van der Waals surface area contributed by atoms with Crippen molar-refractivity contribution < 1.29 is 15.0 Å². The van der Waals surface area contributed by atoms with Crippen LogP contribution in [0.15, 0.2) is 36.2 Å². The van der Waals surface area contributed by atoms with E-state index >= 15 is 0 Å². The molecule has 0 aliphatic heterocycles. The Labute approximate surface area is 156 Å². The minimum absolute atomic E-state index is 0.244. The maximum absolute atomic E-state index is 12.4. The Morgan fingerprint density at radius 1 is 1.37 bits per heavy atom. The predicted molar refractivity (Wildman–Crippen MR) is 103 cm³/mol. The number of H-pyrrole nitrogens is 1. The second-order valence-corrected chi connectivity index (χ2v) is 6.85. The summed E-state index contributed by atoms with van der Waals surface area (Å²) in [5.74, 6) is -0.244. The summed E-state index contributed by atoms with van der Waals surface area (Å²) >= 11 is 0. The number of amides is 1. The summed E-state index contributed by atoms with van der Waals surface area (Å²) in [7, 11) is 1.96. The summed E-state index contributed by atoms with van der Waals surface area (Å²) in [6.45, 7) is -0.576. The number of hydrogen-bond acceptors (Lipinski definition) is 4. The van der Waals surface area contributed by atoms with Gasteiger partial charge in [0, 0.05) is 47.4 Å². The molecule has 4 rings (SSSR count). The normalized spacial score (nSPS) is 13.7. The Morgan fingerprint density at radius 3 is 2.93 bits per heavy atom. The number of nitrogens with zero attached hydrogens (tertiary/aromatic N) is 2. The molecule has 7 nitrogen and oxygen atoms in total. The summed E-state index contributed by atoms with van der Waals surface area (Å²) in [6.07, 6.45) is 7.08. The lowest BCUT2D eigenvalue weighted by Crippen LogP contribution is -2.41. The second-order valence-electron chi connectivity index (χ2n) is 6.85. The fraction of sp³-hybridized carbons (Fsp3) is 0.300. The van der Waals surface area contributed by atoms with Crippen LogP contribution in [-0.2, 0) is 18.3 Å². The van der Waals surface area contributed by atoms with Crippen LogP contribution in [0.3, 0.4) is 0 Å².